The number of carbonyl (C=O) groups excluding carboxylic acids is 6. The molecule has 17 nitrogen and oxygen atoms in total. The highest BCUT2D eigenvalue weighted by Gasteiger charge is 2.44. The average Bonchev–Trinajstić information content (AvgIpc) is 3.15. The molecule has 0 bridgehead atoms. The van der Waals surface area contributed by atoms with Gasteiger partial charge >= 0.3 is 19.2 Å². The maximum absolute atomic E-state index is 14.6. The Hall–Kier alpha value is -5.49. The summed E-state index contributed by atoms with van der Waals surface area (Å²) in [5.41, 5.74) is -1.23. The third-order valence-corrected chi connectivity index (χ3v) is 9.83. The highest BCUT2D eigenvalue weighted by molar-refractivity contribution is 6.43. The number of hydrogen-bond donors (Lipinski definition) is 9. The van der Waals surface area contributed by atoms with Crippen LogP contribution in [0.5, 0.6) is 0 Å². The first-order valence-corrected chi connectivity index (χ1v) is 20.1. The molecule has 0 fully saturated rings. The fraction of sp³-hybridized carbons (Fsp3) is 0.548. The molecule has 0 saturated carbocycles. The van der Waals surface area contributed by atoms with Crippen LogP contribution in [0.4, 0.5) is 4.79 Å². The van der Waals surface area contributed by atoms with E-state index < -0.39 is 102 Å². The van der Waals surface area contributed by atoms with Gasteiger partial charge < -0.3 is 51.8 Å². The zero-order chi connectivity index (χ0) is 45.5. The largest absolute Gasteiger partial charge is 0.481 e. The first-order chi connectivity index (χ1) is 27.9. The average molecular weight is 839 g/mol. The van der Waals surface area contributed by atoms with Crippen molar-refractivity contribution >= 4 is 48.7 Å². The molecule has 6 atom stereocenters. The molecule has 60 heavy (non-hydrogen) atoms. The molecule has 0 radical (unpaired) electrons. The van der Waals surface area contributed by atoms with Crippen molar-refractivity contribution in [3.63, 3.8) is 0 Å². The number of rotatable bonds is 21. The zero-order valence-corrected chi connectivity index (χ0v) is 36.3. The van der Waals surface area contributed by atoms with E-state index in [1.807, 2.05) is 13.8 Å². The van der Waals surface area contributed by atoms with E-state index in [9.17, 15) is 48.7 Å². The van der Waals surface area contributed by atoms with Crippen molar-refractivity contribution in [3.05, 3.63) is 71.3 Å². The summed E-state index contributed by atoms with van der Waals surface area (Å²) in [5.74, 6) is -7.06. The Bertz CT molecular complexity index is 1800. The number of benzene rings is 2. The molecular weight excluding hydrogens is 775 g/mol. The van der Waals surface area contributed by atoms with Crippen LogP contribution in [-0.2, 0) is 45.6 Å². The summed E-state index contributed by atoms with van der Waals surface area (Å²) in [6.07, 6.45) is -1.49. The lowest BCUT2D eigenvalue weighted by atomic mass is 9.77. The lowest BCUT2D eigenvalue weighted by Crippen LogP contribution is -2.65. The maximum atomic E-state index is 14.6. The summed E-state index contributed by atoms with van der Waals surface area (Å²) >= 11 is 0. The summed E-state index contributed by atoms with van der Waals surface area (Å²) in [7, 11) is -1.83. The highest BCUT2D eigenvalue weighted by Crippen LogP contribution is 2.28. The second-order valence-corrected chi connectivity index (χ2v) is 16.9. The molecule has 9 N–H and O–H groups in total. The van der Waals surface area contributed by atoms with Gasteiger partial charge in [-0.3, -0.25) is 28.8 Å². The molecule has 0 heterocycles. The number of carbonyl (C=O) groups is 7. The summed E-state index contributed by atoms with van der Waals surface area (Å²) in [5, 5.41) is 44.7. The van der Waals surface area contributed by atoms with Crippen molar-refractivity contribution in [3.8, 4) is 0 Å². The van der Waals surface area contributed by atoms with Gasteiger partial charge in [-0.2, -0.15) is 0 Å². The molecule has 18 heteroatoms. The number of ether oxygens (including phenoxy) is 1. The van der Waals surface area contributed by atoms with Crippen molar-refractivity contribution in [1.82, 2.24) is 31.9 Å². The highest BCUT2D eigenvalue weighted by atomic mass is 16.5. The van der Waals surface area contributed by atoms with Gasteiger partial charge in [0.15, 0.2) is 0 Å². The Morgan fingerprint density at radius 2 is 1.32 bits per heavy atom. The molecule has 2 rings (SSSR count). The van der Waals surface area contributed by atoms with Gasteiger partial charge in [-0.05, 0) is 60.6 Å². The minimum absolute atomic E-state index is 0.0690. The maximum Gasteiger partial charge on any atom is 0.475 e. The molecule has 0 aliphatic carbocycles. The van der Waals surface area contributed by atoms with Crippen LogP contribution in [0.15, 0.2) is 54.6 Å². The lowest BCUT2D eigenvalue weighted by Gasteiger charge is -2.38. The molecule has 0 aromatic heterocycles. The third kappa shape index (κ3) is 15.3. The Labute approximate surface area is 352 Å². The predicted molar refractivity (Wildman–Crippen MR) is 224 cm³/mol. The lowest BCUT2D eigenvalue weighted by molar-refractivity contribution is -0.141. The van der Waals surface area contributed by atoms with E-state index in [1.165, 1.54) is 6.92 Å². The predicted octanol–water partition coefficient (Wildman–Crippen LogP) is 2.21. The van der Waals surface area contributed by atoms with Crippen molar-refractivity contribution in [1.29, 1.82) is 0 Å². The van der Waals surface area contributed by atoms with Gasteiger partial charge in [0.25, 0.3) is 5.91 Å². The smallest absolute Gasteiger partial charge is 0.475 e. The number of carboxylic acids is 1. The van der Waals surface area contributed by atoms with Crippen LogP contribution in [0.3, 0.4) is 0 Å². The fourth-order valence-electron chi connectivity index (χ4n) is 6.36. The van der Waals surface area contributed by atoms with E-state index in [-0.39, 0.29) is 25.4 Å². The number of hydrogen-bond acceptors (Lipinski definition) is 10. The SMILES string of the molecule is CCC(NC(=O)[C@H](CC(C)C)NC(=O)[C@@H](NC(=O)C(C)(NC(=O)[C@H](NC(=O)[C@H](CC(=O)O)NC(=O)OCc1ccccc1)C(C)C)c1ccccc1C)C(C)(C)C)B(O)O. The Balaban J connectivity index is 2.45. The molecular formula is C42H63BN6O11. The topological polar surface area (TPSA) is 262 Å². The van der Waals surface area contributed by atoms with Gasteiger partial charge in [0, 0.05) is 0 Å². The van der Waals surface area contributed by atoms with E-state index in [2.05, 4.69) is 31.9 Å². The Morgan fingerprint density at radius 1 is 0.733 bits per heavy atom. The second-order valence-electron chi connectivity index (χ2n) is 16.9. The standard InChI is InChI=1S/C42H63BN6O11/c1-11-31(43(58)59)46-35(52)29(21-24(2)3)44-38(55)34(41(7,8)9)48-39(56)42(10,28-20-16-15-17-26(28)6)49-37(54)33(25(4)5)47-36(53)30(22-32(50)51)45-40(57)60-23-27-18-13-12-14-19-27/h12-20,24-25,29-31,33-34,58-59H,11,21-23H2,1-10H3,(H,44,55)(H,45,57)(H,46,52)(H,47,53)(H,48,56)(H,49,54)(H,50,51)/t29-,30-,31?,33+,34+,42?/m0/s1. The number of nitrogens with one attached hydrogen (secondary N) is 6. The first-order valence-electron chi connectivity index (χ1n) is 20.1. The minimum Gasteiger partial charge on any atom is -0.481 e. The normalized spacial score (nSPS) is 14.9. The first kappa shape index (κ1) is 50.7. The van der Waals surface area contributed by atoms with E-state index >= 15 is 0 Å². The number of carboxylic acid groups (broad SMARTS) is 1. The van der Waals surface area contributed by atoms with Crippen LogP contribution >= 0.6 is 0 Å². The van der Waals surface area contributed by atoms with E-state index in [0.29, 0.717) is 16.7 Å². The molecule has 6 amide bonds. The minimum atomic E-state index is -1.88. The van der Waals surface area contributed by atoms with E-state index in [4.69, 9.17) is 4.74 Å². The third-order valence-electron chi connectivity index (χ3n) is 9.83. The zero-order valence-electron chi connectivity index (χ0n) is 36.3. The molecule has 2 aromatic rings. The molecule has 0 saturated heterocycles. The van der Waals surface area contributed by atoms with Crippen molar-refractivity contribution < 1.29 is 53.5 Å². The van der Waals surface area contributed by atoms with Crippen LogP contribution in [0.25, 0.3) is 0 Å². The molecule has 330 valence electrons. The van der Waals surface area contributed by atoms with Crippen molar-refractivity contribution in [2.45, 2.75) is 131 Å². The Morgan fingerprint density at radius 3 is 1.83 bits per heavy atom. The second kappa shape index (κ2) is 22.8. The molecule has 2 unspecified atom stereocenters. The van der Waals surface area contributed by atoms with Gasteiger partial charge in [-0.25, -0.2) is 4.79 Å². The summed E-state index contributed by atoms with van der Waals surface area (Å²) < 4.78 is 5.18. The number of aryl methyl sites for hydroxylation is 1. The van der Waals surface area contributed by atoms with E-state index in [1.54, 1.807) is 103 Å². The van der Waals surface area contributed by atoms with Crippen LogP contribution in [0.1, 0.15) is 98.3 Å². The molecule has 0 spiro atoms. The monoisotopic (exact) mass is 838 g/mol. The molecule has 0 aliphatic heterocycles. The van der Waals surface area contributed by atoms with Gasteiger partial charge in [0.2, 0.25) is 23.6 Å². The van der Waals surface area contributed by atoms with Crippen LogP contribution < -0.4 is 31.9 Å². The van der Waals surface area contributed by atoms with Crippen LogP contribution in [-0.4, -0.2) is 94.0 Å². The number of amides is 6. The number of alkyl carbamates (subject to hydrolysis) is 1. The summed E-state index contributed by atoms with van der Waals surface area (Å²) in [4.78, 5) is 94.3. The van der Waals surface area contributed by atoms with Crippen molar-refractivity contribution in [2.75, 3.05) is 0 Å². The van der Waals surface area contributed by atoms with E-state index in [0.717, 1.165) is 0 Å². The summed E-state index contributed by atoms with van der Waals surface area (Å²) in [6, 6.07) is 10.1. The van der Waals surface area contributed by atoms with Gasteiger partial charge in [0.05, 0.1) is 12.4 Å². The molecule has 2 aromatic carbocycles. The Kier molecular flexibility index (Phi) is 19.2. The van der Waals surface area contributed by atoms with Gasteiger partial charge in [-0.15, -0.1) is 0 Å². The molecule has 0 aliphatic rings. The summed E-state index contributed by atoms with van der Waals surface area (Å²) in [6.45, 7) is 16.7. The van der Waals surface area contributed by atoms with Gasteiger partial charge in [-0.1, -0.05) is 110 Å². The number of aliphatic carboxylic acids is 1. The van der Waals surface area contributed by atoms with Crippen molar-refractivity contribution in [2.24, 2.45) is 17.3 Å². The van der Waals surface area contributed by atoms with Gasteiger partial charge in [0.1, 0.15) is 36.3 Å². The van der Waals surface area contributed by atoms with Crippen LogP contribution in [0.2, 0.25) is 0 Å². The quantitative estimate of drug-likeness (QED) is 0.0824. The fourth-order valence-corrected chi connectivity index (χ4v) is 6.36. The van der Waals surface area contributed by atoms with Crippen LogP contribution in [0, 0.1) is 24.2 Å².